The molecule has 0 amide bonds. The number of rotatable bonds is 8. The van der Waals surface area contributed by atoms with Crippen molar-refractivity contribution in [2.24, 2.45) is 0 Å². The van der Waals surface area contributed by atoms with Crippen LogP contribution in [0.2, 0.25) is 0 Å². The third-order valence-corrected chi connectivity index (χ3v) is 4.25. The summed E-state index contributed by atoms with van der Waals surface area (Å²) in [7, 11) is 0. The van der Waals surface area contributed by atoms with Crippen molar-refractivity contribution in [3.05, 3.63) is 30.1 Å². The van der Waals surface area contributed by atoms with Crippen LogP contribution in [0.15, 0.2) is 24.3 Å². The van der Waals surface area contributed by atoms with Gasteiger partial charge in [-0.1, -0.05) is 38.5 Å². The molecule has 0 radical (unpaired) electrons. The number of pyridine rings is 1. The molecule has 2 N–H and O–H groups in total. The van der Waals surface area contributed by atoms with Crippen LogP contribution in [0, 0.1) is 0 Å². The Hall–Kier alpha value is -2.14. The molecule has 0 fully saturated rings. The molecular formula is C19H26N4O. The minimum absolute atomic E-state index is 0.509. The molecule has 2 aromatic heterocycles. The number of benzene rings is 1. The largest absolute Gasteiger partial charge is 0.382 e. The molecule has 24 heavy (non-hydrogen) atoms. The zero-order valence-corrected chi connectivity index (χ0v) is 14.6. The van der Waals surface area contributed by atoms with Crippen LogP contribution in [0.25, 0.3) is 21.9 Å². The second kappa shape index (κ2) is 7.62. The molecule has 0 aliphatic heterocycles. The lowest BCUT2D eigenvalue weighted by molar-refractivity contribution is 0.127. The van der Waals surface area contributed by atoms with Crippen molar-refractivity contribution < 1.29 is 4.74 Å². The molecule has 2 heterocycles. The number of imidazole rings is 1. The first-order chi connectivity index (χ1) is 11.8. The predicted octanol–water partition coefficient (Wildman–Crippen LogP) is 3.94. The Bertz CT molecular complexity index is 825. The van der Waals surface area contributed by atoms with Crippen molar-refractivity contribution in [1.82, 2.24) is 14.5 Å². The summed E-state index contributed by atoms with van der Waals surface area (Å²) in [5.74, 6) is 1.59. The molecule has 1 aromatic carbocycles. The predicted molar refractivity (Wildman–Crippen MR) is 99.2 cm³/mol. The van der Waals surface area contributed by atoms with Gasteiger partial charge >= 0.3 is 0 Å². The molecule has 5 nitrogen and oxygen atoms in total. The molecule has 0 atom stereocenters. The lowest BCUT2D eigenvalue weighted by Crippen LogP contribution is -2.10. The van der Waals surface area contributed by atoms with Crippen LogP contribution in [-0.2, 0) is 17.7 Å². The molecule has 0 saturated heterocycles. The van der Waals surface area contributed by atoms with E-state index in [0.29, 0.717) is 12.4 Å². The first-order valence-electron chi connectivity index (χ1n) is 8.87. The summed E-state index contributed by atoms with van der Waals surface area (Å²) in [6, 6.07) is 8.13. The molecular weight excluding hydrogens is 300 g/mol. The highest BCUT2D eigenvalue weighted by Crippen LogP contribution is 2.29. The summed E-state index contributed by atoms with van der Waals surface area (Å²) >= 11 is 0. The van der Waals surface area contributed by atoms with Crippen LogP contribution in [0.3, 0.4) is 0 Å². The Morgan fingerprint density at radius 3 is 2.71 bits per heavy atom. The number of aromatic nitrogens is 3. The number of hydrogen-bond acceptors (Lipinski definition) is 4. The van der Waals surface area contributed by atoms with E-state index in [2.05, 4.69) is 29.5 Å². The normalized spacial score (nSPS) is 11.6. The number of nitrogens with two attached hydrogens (primary N) is 1. The first kappa shape index (κ1) is 16.7. The van der Waals surface area contributed by atoms with E-state index in [9.17, 15) is 0 Å². The summed E-state index contributed by atoms with van der Waals surface area (Å²) in [5.41, 5.74) is 9.01. The van der Waals surface area contributed by atoms with Crippen molar-refractivity contribution in [3.63, 3.8) is 0 Å². The third-order valence-electron chi connectivity index (χ3n) is 4.25. The van der Waals surface area contributed by atoms with Gasteiger partial charge in [0.1, 0.15) is 11.3 Å². The molecule has 0 saturated carbocycles. The summed E-state index contributed by atoms with van der Waals surface area (Å²) in [6.07, 6.45) is 4.24. The summed E-state index contributed by atoms with van der Waals surface area (Å²) in [6.45, 7) is 6.60. The smallest absolute Gasteiger partial charge is 0.152 e. The molecule has 0 aliphatic rings. The van der Waals surface area contributed by atoms with Crippen LogP contribution in [0.1, 0.15) is 38.9 Å². The summed E-state index contributed by atoms with van der Waals surface area (Å²) in [4.78, 5) is 9.34. The van der Waals surface area contributed by atoms with Crippen LogP contribution < -0.4 is 5.73 Å². The van der Waals surface area contributed by atoms with Gasteiger partial charge in [0, 0.05) is 25.0 Å². The molecule has 128 valence electrons. The van der Waals surface area contributed by atoms with E-state index >= 15 is 0 Å². The minimum Gasteiger partial charge on any atom is -0.382 e. The van der Waals surface area contributed by atoms with E-state index in [-0.39, 0.29) is 0 Å². The van der Waals surface area contributed by atoms with Gasteiger partial charge in [-0.15, -0.1) is 0 Å². The van der Waals surface area contributed by atoms with Gasteiger partial charge in [0.25, 0.3) is 0 Å². The minimum atomic E-state index is 0.509. The van der Waals surface area contributed by atoms with Gasteiger partial charge in [-0.3, -0.25) is 0 Å². The second-order valence-corrected chi connectivity index (χ2v) is 6.11. The zero-order chi connectivity index (χ0) is 16.9. The number of fused-ring (bicyclic) bond motifs is 3. The maximum absolute atomic E-state index is 6.19. The zero-order valence-electron chi connectivity index (χ0n) is 14.6. The number of unbranched alkanes of at least 4 members (excludes halogenated alkanes) is 1. The number of nitrogen functional groups attached to an aromatic ring is 1. The molecule has 0 bridgehead atoms. The Labute approximate surface area is 142 Å². The second-order valence-electron chi connectivity index (χ2n) is 6.11. The van der Waals surface area contributed by atoms with Gasteiger partial charge in [0.05, 0.1) is 17.6 Å². The molecule has 3 rings (SSSR count). The van der Waals surface area contributed by atoms with Crippen molar-refractivity contribution >= 4 is 27.8 Å². The maximum Gasteiger partial charge on any atom is 0.152 e. The SMILES string of the molecule is CCCCc1nc2c(N)nc3ccccc3c2n1CCOCCC. The molecule has 0 spiro atoms. The van der Waals surface area contributed by atoms with Gasteiger partial charge in [-0.2, -0.15) is 0 Å². The standard InChI is InChI=1S/C19H26N4O/c1-3-5-10-16-22-17-18(23(16)11-13-24-12-4-2)14-8-6-7-9-15(14)21-19(17)20/h6-9H,3-5,10-13H2,1-2H3,(H2,20,21). The molecule has 0 aliphatic carbocycles. The van der Waals surface area contributed by atoms with Crippen LogP contribution in [0.5, 0.6) is 0 Å². The van der Waals surface area contributed by atoms with Crippen LogP contribution in [-0.4, -0.2) is 27.7 Å². The van der Waals surface area contributed by atoms with Crippen molar-refractivity contribution in [2.45, 2.75) is 46.1 Å². The lowest BCUT2D eigenvalue weighted by Gasteiger charge is -2.11. The van der Waals surface area contributed by atoms with E-state index < -0.39 is 0 Å². The number of anilines is 1. The average molecular weight is 326 g/mol. The van der Waals surface area contributed by atoms with Crippen molar-refractivity contribution in [1.29, 1.82) is 0 Å². The van der Waals surface area contributed by atoms with Crippen molar-refractivity contribution in [2.75, 3.05) is 18.9 Å². The fraction of sp³-hybridized carbons (Fsp3) is 0.474. The quantitative estimate of drug-likeness (QED) is 0.637. The van der Waals surface area contributed by atoms with E-state index in [4.69, 9.17) is 15.5 Å². The Kier molecular flexibility index (Phi) is 5.30. The number of para-hydroxylation sites is 1. The topological polar surface area (TPSA) is 66.0 Å². The average Bonchev–Trinajstić information content (AvgIpc) is 2.96. The van der Waals surface area contributed by atoms with E-state index in [0.717, 1.165) is 66.6 Å². The molecule has 5 heteroatoms. The number of hydrogen-bond donors (Lipinski definition) is 1. The van der Waals surface area contributed by atoms with Crippen LogP contribution in [0.4, 0.5) is 5.82 Å². The Morgan fingerprint density at radius 2 is 1.92 bits per heavy atom. The Morgan fingerprint density at radius 1 is 1.08 bits per heavy atom. The summed E-state index contributed by atoms with van der Waals surface area (Å²) < 4.78 is 7.99. The number of aryl methyl sites for hydroxylation is 1. The van der Waals surface area contributed by atoms with Gasteiger partial charge < -0.3 is 15.0 Å². The fourth-order valence-electron chi connectivity index (χ4n) is 3.07. The highest BCUT2D eigenvalue weighted by molar-refractivity contribution is 6.06. The van der Waals surface area contributed by atoms with E-state index in [1.807, 2.05) is 18.2 Å². The van der Waals surface area contributed by atoms with E-state index in [1.165, 1.54) is 0 Å². The lowest BCUT2D eigenvalue weighted by atomic mass is 10.2. The summed E-state index contributed by atoms with van der Waals surface area (Å²) in [5, 5.41) is 1.10. The van der Waals surface area contributed by atoms with E-state index in [1.54, 1.807) is 0 Å². The third kappa shape index (κ3) is 3.22. The number of nitrogens with zero attached hydrogens (tertiary/aromatic N) is 3. The van der Waals surface area contributed by atoms with Crippen molar-refractivity contribution in [3.8, 4) is 0 Å². The highest BCUT2D eigenvalue weighted by atomic mass is 16.5. The molecule has 0 unspecified atom stereocenters. The van der Waals surface area contributed by atoms with Gasteiger partial charge in [-0.25, -0.2) is 9.97 Å². The highest BCUT2D eigenvalue weighted by Gasteiger charge is 2.16. The monoisotopic (exact) mass is 326 g/mol. The fourth-order valence-corrected chi connectivity index (χ4v) is 3.07. The van der Waals surface area contributed by atoms with Crippen LogP contribution >= 0.6 is 0 Å². The number of ether oxygens (including phenoxy) is 1. The maximum atomic E-state index is 6.19. The first-order valence-corrected chi connectivity index (χ1v) is 8.87. The van der Waals surface area contributed by atoms with Gasteiger partial charge in [0.2, 0.25) is 0 Å². The van der Waals surface area contributed by atoms with Gasteiger partial charge in [0.15, 0.2) is 5.82 Å². The van der Waals surface area contributed by atoms with Gasteiger partial charge in [-0.05, 0) is 18.9 Å². The Balaban J connectivity index is 2.11. The molecule has 3 aromatic rings.